The van der Waals surface area contributed by atoms with E-state index in [1.807, 2.05) is 0 Å². The topological polar surface area (TPSA) is 108 Å². The summed E-state index contributed by atoms with van der Waals surface area (Å²) in [5.74, 6) is -1.33. The van der Waals surface area contributed by atoms with Gasteiger partial charge in [0, 0.05) is 5.56 Å². The molecular weight excluding hydrogens is 390 g/mol. The lowest BCUT2D eigenvalue weighted by atomic mass is 10.1. The fourth-order valence-electron chi connectivity index (χ4n) is 2.26. The molecule has 0 saturated carbocycles. The normalized spacial score (nSPS) is 15.0. The molecule has 0 aromatic heterocycles. The fraction of sp³-hybridized carbons (Fsp3) is 0.333. The summed E-state index contributed by atoms with van der Waals surface area (Å²) in [5.41, 5.74) is 0.421. The second kappa shape index (κ2) is 9.79. The van der Waals surface area contributed by atoms with E-state index in [4.69, 9.17) is 14.2 Å². The quantitative estimate of drug-likeness (QED) is 0.469. The summed E-state index contributed by atoms with van der Waals surface area (Å²) in [6.07, 6.45) is 1.44. The molecule has 1 aliphatic rings. The molecule has 2 amide bonds. The molecule has 0 bridgehead atoms. The number of methoxy groups -OCH3 is 2. The molecular formula is C18H19NO8S. The molecule has 1 aliphatic heterocycles. The first-order chi connectivity index (χ1) is 13.4. The second-order valence-corrected chi connectivity index (χ2v) is 6.31. The van der Waals surface area contributed by atoms with E-state index < -0.39 is 29.6 Å². The number of carbonyl (C=O) groups excluding carboxylic acids is 4. The van der Waals surface area contributed by atoms with Gasteiger partial charge in [-0.2, -0.15) is 0 Å². The van der Waals surface area contributed by atoms with Crippen LogP contribution in [0.1, 0.15) is 12.5 Å². The minimum atomic E-state index is -0.672. The zero-order valence-corrected chi connectivity index (χ0v) is 16.4. The number of hydrogen-bond acceptors (Lipinski definition) is 9. The first-order valence-corrected chi connectivity index (χ1v) is 9.00. The van der Waals surface area contributed by atoms with Gasteiger partial charge in [0.05, 0.1) is 25.7 Å². The Hall–Kier alpha value is -3.01. The molecule has 1 aromatic carbocycles. The Morgan fingerprint density at radius 1 is 1.18 bits per heavy atom. The molecule has 0 spiro atoms. The molecule has 150 valence electrons. The van der Waals surface area contributed by atoms with Crippen LogP contribution < -0.4 is 9.47 Å². The Bertz CT molecular complexity index is 820. The smallest absolute Gasteiger partial charge is 0.343 e. The standard InChI is InChI=1S/C18H19NO8S/c1-4-26-14(20)9-19-17(22)13(28-18(19)23)8-11-6-5-7-12(24-2)16(11)27-10-15(21)25-3/h5-8H,4,9-10H2,1-3H3/b13-8+. The lowest BCUT2D eigenvalue weighted by molar-refractivity contribution is -0.146. The van der Waals surface area contributed by atoms with Crippen molar-refractivity contribution >= 4 is 40.9 Å². The van der Waals surface area contributed by atoms with E-state index in [0.717, 1.165) is 4.90 Å². The molecule has 0 radical (unpaired) electrons. The zero-order valence-electron chi connectivity index (χ0n) is 15.6. The van der Waals surface area contributed by atoms with Crippen LogP contribution in [0.25, 0.3) is 6.08 Å². The van der Waals surface area contributed by atoms with Gasteiger partial charge in [-0.25, -0.2) is 4.79 Å². The molecule has 1 fully saturated rings. The number of nitrogens with zero attached hydrogens (tertiary/aromatic N) is 1. The van der Waals surface area contributed by atoms with Crippen molar-refractivity contribution in [2.45, 2.75) is 6.92 Å². The first-order valence-electron chi connectivity index (χ1n) is 8.18. The van der Waals surface area contributed by atoms with Gasteiger partial charge in [0.1, 0.15) is 6.54 Å². The zero-order chi connectivity index (χ0) is 20.7. The van der Waals surface area contributed by atoms with E-state index in [-0.39, 0.29) is 23.9 Å². The molecule has 2 rings (SSSR count). The van der Waals surface area contributed by atoms with Crippen molar-refractivity contribution in [3.63, 3.8) is 0 Å². The van der Waals surface area contributed by atoms with Crippen molar-refractivity contribution in [3.8, 4) is 11.5 Å². The van der Waals surface area contributed by atoms with E-state index in [2.05, 4.69) is 4.74 Å². The molecule has 10 heteroatoms. The van der Waals surface area contributed by atoms with Gasteiger partial charge in [-0.3, -0.25) is 19.3 Å². The van der Waals surface area contributed by atoms with Crippen molar-refractivity contribution in [2.24, 2.45) is 0 Å². The van der Waals surface area contributed by atoms with Gasteiger partial charge in [0.15, 0.2) is 18.1 Å². The molecule has 1 saturated heterocycles. The molecule has 0 aliphatic carbocycles. The maximum absolute atomic E-state index is 12.5. The van der Waals surface area contributed by atoms with Crippen LogP contribution in [0.5, 0.6) is 11.5 Å². The van der Waals surface area contributed by atoms with E-state index in [1.54, 1.807) is 25.1 Å². The minimum Gasteiger partial charge on any atom is -0.493 e. The summed E-state index contributed by atoms with van der Waals surface area (Å²) in [5, 5.41) is -0.579. The third-order valence-corrected chi connectivity index (χ3v) is 4.45. The number of hydrogen-bond donors (Lipinski definition) is 0. The highest BCUT2D eigenvalue weighted by Crippen LogP contribution is 2.37. The van der Waals surface area contributed by atoms with Crippen LogP contribution >= 0.6 is 11.8 Å². The second-order valence-electron chi connectivity index (χ2n) is 5.32. The monoisotopic (exact) mass is 409 g/mol. The van der Waals surface area contributed by atoms with Gasteiger partial charge in [0.2, 0.25) is 0 Å². The number of thioether (sulfide) groups is 1. The predicted molar refractivity (Wildman–Crippen MR) is 99.8 cm³/mol. The average Bonchev–Trinajstić information content (AvgIpc) is 2.94. The summed E-state index contributed by atoms with van der Waals surface area (Å²) < 4.78 is 20.0. The van der Waals surface area contributed by atoms with Crippen LogP contribution in [0, 0.1) is 0 Å². The van der Waals surface area contributed by atoms with Gasteiger partial charge in [-0.1, -0.05) is 12.1 Å². The molecule has 0 atom stereocenters. The number of para-hydroxylation sites is 1. The highest BCUT2D eigenvalue weighted by atomic mass is 32.2. The van der Waals surface area contributed by atoms with Crippen LogP contribution in [0.3, 0.4) is 0 Å². The number of ether oxygens (including phenoxy) is 4. The van der Waals surface area contributed by atoms with Gasteiger partial charge in [0.25, 0.3) is 11.1 Å². The Morgan fingerprint density at radius 2 is 1.93 bits per heavy atom. The van der Waals surface area contributed by atoms with Crippen LogP contribution in [-0.2, 0) is 23.9 Å². The van der Waals surface area contributed by atoms with E-state index in [1.165, 1.54) is 20.3 Å². The maximum Gasteiger partial charge on any atom is 0.343 e. The van der Waals surface area contributed by atoms with Crippen molar-refractivity contribution in [1.82, 2.24) is 4.90 Å². The van der Waals surface area contributed by atoms with Crippen LogP contribution in [0.4, 0.5) is 4.79 Å². The van der Waals surface area contributed by atoms with E-state index in [9.17, 15) is 19.2 Å². The Kier molecular flexibility index (Phi) is 7.44. The molecule has 0 unspecified atom stereocenters. The summed E-state index contributed by atoms with van der Waals surface area (Å²) in [4.78, 5) is 48.5. The number of carbonyl (C=O) groups is 4. The average molecular weight is 409 g/mol. The molecule has 0 N–H and O–H groups in total. The maximum atomic E-state index is 12.5. The number of benzene rings is 1. The molecule has 28 heavy (non-hydrogen) atoms. The summed E-state index contributed by atoms with van der Waals surface area (Å²) in [7, 11) is 2.66. The van der Waals surface area contributed by atoms with Gasteiger partial charge < -0.3 is 18.9 Å². The number of amides is 2. The van der Waals surface area contributed by atoms with Crippen molar-refractivity contribution in [3.05, 3.63) is 28.7 Å². The lowest BCUT2D eigenvalue weighted by Crippen LogP contribution is -2.34. The number of esters is 2. The van der Waals surface area contributed by atoms with Gasteiger partial charge in [-0.05, 0) is 30.8 Å². The van der Waals surface area contributed by atoms with Crippen LogP contribution in [0.2, 0.25) is 0 Å². The highest BCUT2D eigenvalue weighted by molar-refractivity contribution is 8.18. The Morgan fingerprint density at radius 3 is 2.57 bits per heavy atom. The number of rotatable bonds is 8. The third-order valence-electron chi connectivity index (χ3n) is 3.54. The molecule has 1 aromatic rings. The van der Waals surface area contributed by atoms with Crippen molar-refractivity contribution in [2.75, 3.05) is 34.0 Å². The van der Waals surface area contributed by atoms with Crippen LogP contribution in [-0.4, -0.2) is 62.0 Å². The lowest BCUT2D eigenvalue weighted by Gasteiger charge is -2.13. The number of imide groups is 1. The largest absolute Gasteiger partial charge is 0.493 e. The van der Waals surface area contributed by atoms with E-state index >= 15 is 0 Å². The van der Waals surface area contributed by atoms with Crippen LogP contribution in [0.15, 0.2) is 23.1 Å². The fourth-order valence-corrected chi connectivity index (χ4v) is 3.09. The minimum absolute atomic E-state index is 0.102. The SMILES string of the molecule is CCOC(=O)CN1C(=O)S/C(=C/c2cccc(OC)c2OCC(=O)OC)C1=O. The van der Waals surface area contributed by atoms with Gasteiger partial charge >= 0.3 is 11.9 Å². The summed E-state index contributed by atoms with van der Waals surface area (Å²) in [6.45, 7) is 0.960. The van der Waals surface area contributed by atoms with E-state index in [0.29, 0.717) is 23.1 Å². The third kappa shape index (κ3) is 5.03. The molecule has 9 nitrogen and oxygen atoms in total. The predicted octanol–water partition coefficient (Wildman–Crippen LogP) is 1.85. The molecule has 1 heterocycles. The van der Waals surface area contributed by atoms with Gasteiger partial charge in [-0.15, -0.1) is 0 Å². The Labute approximate surface area is 165 Å². The Balaban J connectivity index is 2.29. The van der Waals surface area contributed by atoms with Crippen molar-refractivity contribution < 1.29 is 38.1 Å². The summed E-state index contributed by atoms with van der Waals surface area (Å²) >= 11 is 0.691. The first kappa shape index (κ1) is 21.3. The highest BCUT2D eigenvalue weighted by Gasteiger charge is 2.36. The summed E-state index contributed by atoms with van der Waals surface area (Å²) in [6, 6.07) is 4.92. The van der Waals surface area contributed by atoms with Crippen molar-refractivity contribution in [1.29, 1.82) is 0 Å².